The highest BCUT2D eigenvalue weighted by Crippen LogP contribution is 2.30. The molecular formula is C13H13Br2F3O2. The lowest BCUT2D eigenvalue weighted by molar-refractivity contribution is -0.274. The molecule has 1 aromatic carbocycles. The van der Waals surface area contributed by atoms with Gasteiger partial charge in [-0.15, -0.1) is 13.2 Å². The average molecular weight is 418 g/mol. The molecule has 1 rings (SSSR count). The Morgan fingerprint density at radius 1 is 1.20 bits per heavy atom. The molecule has 0 saturated carbocycles. The molecule has 20 heavy (non-hydrogen) atoms. The second-order valence-electron chi connectivity index (χ2n) is 4.11. The molecule has 0 fully saturated rings. The summed E-state index contributed by atoms with van der Waals surface area (Å²) in [5.74, 6) is -0.802. The Labute approximate surface area is 131 Å². The van der Waals surface area contributed by atoms with Crippen molar-refractivity contribution < 1.29 is 22.7 Å². The van der Waals surface area contributed by atoms with Gasteiger partial charge in [-0.3, -0.25) is 4.79 Å². The van der Waals surface area contributed by atoms with Crippen LogP contribution in [0.25, 0.3) is 0 Å². The van der Waals surface area contributed by atoms with Gasteiger partial charge >= 0.3 is 6.36 Å². The van der Waals surface area contributed by atoms with E-state index in [0.29, 0.717) is 10.9 Å². The number of Topliss-reactive ketones (excluding diaryl/α,β-unsaturated/α-hetero) is 1. The highest BCUT2D eigenvalue weighted by atomic mass is 79.9. The third-order valence-corrected chi connectivity index (χ3v) is 3.56. The van der Waals surface area contributed by atoms with Gasteiger partial charge in [-0.1, -0.05) is 38.3 Å². The molecule has 1 aromatic rings. The van der Waals surface area contributed by atoms with Crippen LogP contribution < -0.4 is 4.74 Å². The first-order valence-electron chi connectivity index (χ1n) is 5.98. The van der Waals surface area contributed by atoms with Gasteiger partial charge in [-0.05, 0) is 31.0 Å². The van der Waals surface area contributed by atoms with Crippen molar-refractivity contribution in [1.29, 1.82) is 0 Å². The summed E-state index contributed by atoms with van der Waals surface area (Å²) in [4.78, 5) is 12.0. The predicted molar refractivity (Wildman–Crippen MR) is 77.4 cm³/mol. The van der Waals surface area contributed by atoms with Crippen LogP contribution in [0.15, 0.2) is 22.7 Å². The van der Waals surface area contributed by atoms with Gasteiger partial charge in [0.25, 0.3) is 0 Å². The molecule has 0 aliphatic carbocycles. The minimum absolute atomic E-state index is 0.0376. The van der Waals surface area contributed by atoms with Crippen molar-refractivity contribution in [3.8, 4) is 5.75 Å². The van der Waals surface area contributed by atoms with E-state index >= 15 is 0 Å². The summed E-state index contributed by atoms with van der Waals surface area (Å²) in [7, 11) is 0. The van der Waals surface area contributed by atoms with Crippen molar-refractivity contribution in [2.75, 3.05) is 5.33 Å². The molecule has 7 heteroatoms. The molecule has 0 aliphatic rings. The van der Waals surface area contributed by atoms with E-state index in [1.54, 1.807) is 0 Å². The number of carbonyl (C=O) groups excluding carboxylic acids is 1. The van der Waals surface area contributed by atoms with Crippen molar-refractivity contribution in [2.24, 2.45) is 0 Å². The lowest BCUT2D eigenvalue weighted by atomic mass is 10.0. The Morgan fingerprint density at radius 3 is 2.50 bits per heavy atom. The van der Waals surface area contributed by atoms with E-state index in [9.17, 15) is 18.0 Å². The van der Waals surface area contributed by atoms with Crippen molar-refractivity contribution in [2.45, 2.75) is 32.0 Å². The third-order valence-electron chi connectivity index (χ3n) is 2.51. The van der Waals surface area contributed by atoms with Gasteiger partial charge in [-0.2, -0.15) is 0 Å². The summed E-state index contributed by atoms with van der Waals surface area (Å²) < 4.78 is 41.3. The van der Waals surface area contributed by atoms with Gasteiger partial charge in [0, 0.05) is 16.2 Å². The lowest BCUT2D eigenvalue weighted by Gasteiger charge is -2.13. The van der Waals surface area contributed by atoms with Crippen LogP contribution in [0.3, 0.4) is 0 Å². The van der Waals surface area contributed by atoms with Gasteiger partial charge in [0.15, 0.2) is 5.78 Å². The lowest BCUT2D eigenvalue weighted by Crippen LogP contribution is -2.19. The van der Waals surface area contributed by atoms with E-state index in [-0.39, 0.29) is 17.8 Å². The number of benzene rings is 1. The summed E-state index contributed by atoms with van der Waals surface area (Å²) in [5, 5.41) is 0.849. The van der Waals surface area contributed by atoms with Crippen LogP contribution in [-0.2, 0) is 0 Å². The molecule has 0 saturated heterocycles. The zero-order valence-electron chi connectivity index (χ0n) is 10.5. The molecule has 0 amide bonds. The minimum atomic E-state index is -4.81. The number of unbranched alkanes of at least 4 members (excludes halogenated alkanes) is 2. The Bertz CT molecular complexity index is 461. The first-order chi connectivity index (χ1) is 9.33. The van der Waals surface area contributed by atoms with Crippen LogP contribution in [0, 0.1) is 0 Å². The van der Waals surface area contributed by atoms with Gasteiger partial charge in [-0.25, -0.2) is 0 Å². The molecule has 0 aromatic heterocycles. The van der Waals surface area contributed by atoms with E-state index in [0.717, 1.165) is 24.2 Å². The number of hydrogen-bond acceptors (Lipinski definition) is 2. The summed E-state index contributed by atoms with van der Waals surface area (Å²) in [6.07, 6.45) is -2.18. The number of carbonyl (C=O) groups is 1. The highest BCUT2D eigenvalue weighted by molar-refractivity contribution is 9.10. The second kappa shape index (κ2) is 8.02. The van der Waals surface area contributed by atoms with Gasteiger partial charge in [0.05, 0.1) is 5.56 Å². The van der Waals surface area contributed by atoms with Crippen LogP contribution in [0.1, 0.15) is 36.0 Å². The van der Waals surface area contributed by atoms with Gasteiger partial charge < -0.3 is 4.74 Å². The Kier molecular flexibility index (Phi) is 7.02. The van der Waals surface area contributed by atoms with Crippen molar-refractivity contribution >= 4 is 37.6 Å². The number of ether oxygens (including phenoxy) is 1. The van der Waals surface area contributed by atoms with E-state index in [1.807, 2.05) is 0 Å². The fourth-order valence-electron chi connectivity index (χ4n) is 1.63. The van der Waals surface area contributed by atoms with Gasteiger partial charge in [0.2, 0.25) is 0 Å². The molecule has 0 spiro atoms. The SMILES string of the molecule is O=C(CCCCCBr)c1ccc(Br)cc1OC(F)(F)F. The number of hydrogen-bond donors (Lipinski definition) is 0. The van der Waals surface area contributed by atoms with E-state index in [2.05, 4.69) is 36.6 Å². The Morgan fingerprint density at radius 2 is 1.90 bits per heavy atom. The van der Waals surface area contributed by atoms with Crippen molar-refractivity contribution in [3.05, 3.63) is 28.2 Å². The van der Waals surface area contributed by atoms with Crippen molar-refractivity contribution in [1.82, 2.24) is 0 Å². The smallest absolute Gasteiger partial charge is 0.405 e. The normalized spacial score (nSPS) is 11.4. The van der Waals surface area contributed by atoms with Gasteiger partial charge in [0.1, 0.15) is 5.75 Å². The largest absolute Gasteiger partial charge is 0.573 e. The number of alkyl halides is 4. The first-order valence-corrected chi connectivity index (χ1v) is 7.89. The molecule has 112 valence electrons. The molecular weight excluding hydrogens is 405 g/mol. The quantitative estimate of drug-likeness (QED) is 0.333. The molecule has 0 N–H and O–H groups in total. The summed E-state index contributed by atoms with van der Waals surface area (Å²) in [6.45, 7) is 0. The second-order valence-corrected chi connectivity index (χ2v) is 5.82. The average Bonchev–Trinajstić information content (AvgIpc) is 2.32. The Hall–Kier alpha value is -0.560. The topological polar surface area (TPSA) is 26.3 Å². The number of rotatable bonds is 7. The molecule has 0 atom stereocenters. The summed E-state index contributed by atoms with van der Waals surface area (Å²) in [6, 6.07) is 4.02. The molecule has 0 unspecified atom stereocenters. The summed E-state index contributed by atoms with van der Waals surface area (Å²) >= 11 is 6.34. The molecule has 0 bridgehead atoms. The molecule has 0 heterocycles. The van der Waals surface area contributed by atoms with E-state index in [4.69, 9.17) is 0 Å². The van der Waals surface area contributed by atoms with Crippen molar-refractivity contribution in [3.63, 3.8) is 0 Å². The maximum Gasteiger partial charge on any atom is 0.573 e. The third kappa shape index (κ3) is 6.26. The van der Waals surface area contributed by atoms with Crippen LogP contribution in [0.2, 0.25) is 0 Å². The summed E-state index contributed by atoms with van der Waals surface area (Å²) in [5.41, 5.74) is -0.0376. The Balaban J connectivity index is 2.80. The fraction of sp³-hybridized carbons (Fsp3) is 0.462. The fourth-order valence-corrected chi connectivity index (χ4v) is 2.36. The maximum absolute atomic E-state index is 12.3. The van der Waals surface area contributed by atoms with Crippen LogP contribution in [-0.4, -0.2) is 17.5 Å². The number of ketones is 1. The predicted octanol–water partition coefficient (Wildman–Crippen LogP) is 5.49. The monoisotopic (exact) mass is 416 g/mol. The first kappa shape index (κ1) is 17.5. The van der Waals surface area contributed by atoms with E-state index < -0.39 is 12.1 Å². The van der Waals surface area contributed by atoms with Crippen LogP contribution in [0.5, 0.6) is 5.75 Å². The molecule has 0 radical (unpaired) electrons. The zero-order chi connectivity index (χ0) is 15.2. The molecule has 0 aliphatic heterocycles. The maximum atomic E-state index is 12.3. The van der Waals surface area contributed by atoms with E-state index in [1.165, 1.54) is 12.1 Å². The van der Waals surface area contributed by atoms with Crippen LogP contribution >= 0.6 is 31.9 Å². The van der Waals surface area contributed by atoms with Crippen LogP contribution in [0.4, 0.5) is 13.2 Å². The standard InChI is InChI=1S/C13H13Br2F3O2/c14-7-3-1-2-4-11(19)10-6-5-9(15)8-12(10)20-13(16,17)18/h5-6,8H,1-4,7H2. The zero-order valence-corrected chi connectivity index (χ0v) is 13.6. The number of halogens is 5. The highest BCUT2D eigenvalue weighted by Gasteiger charge is 2.32. The minimum Gasteiger partial charge on any atom is -0.405 e. The molecule has 2 nitrogen and oxygen atoms in total.